The molecule has 1 fully saturated rings. The Morgan fingerprint density at radius 3 is 2.76 bits per heavy atom. The van der Waals surface area contributed by atoms with Crippen LogP contribution < -0.4 is 10.6 Å². The van der Waals surface area contributed by atoms with Gasteiger partial charge in [-0.2, -0.15) is 8.78 Å². The van der Waals surface area contributed by atoms with Crippen LogP contribution in [0.15, 0.2) is 36.7 Å². The number of anilines is 1. The Morgan fingerprint density at radius 2 is 2.00 bits per heavy atom. The number of benzene rings is 1. The Kier molecular flexibility index (Phi) is 5.86. The van der Waals surface area contributed by atoms with Crippen molar-refractivity contribution < 1.29 is 13.9 Å². The summed E-state index contributed by atoms with van der Waals surface area (Å²) in [4.78, 5) is 9.31. The van der Waals surface area contributed by atoms with Crippen LogP contribution in [0.5, 0.6) is 0 Å². The first-order chi connectivity index (χ1) is 16.4. The van der Waals surface area contributed by atoms with Crippen LogP contribution in [-0.2, 0) is 5.92 Å². The predicted molar refractivity (Wildman–Crippen MR) is 125 cm³/mol. The SMILES string of the molecule is Cc1nc(N[C@H](C)c2cccc(C(F)(F)CO)c2)c2cc(C3CCNCC3)c3nncn3c2n1. The number of aliphatic hydroxyl groups is 1. The Hall–Kier alpha value is -3.24. The van der Waals surface area contributed by atoms with Gasteiger partial charge < -0.3 is 15.7 Å². The van der Waals surface area contributed by atoms with Crippen molar-refractivity contribution in [3.63, 3.8) is 0 Å². The van der Waals surface area contributed by atoms with Gasteiger partial charge in [-0.25, -0.2) is 9.97 Å². The number of pyridine rings is 1. The molecule has 1 aliphatic rings. The molecule has 0 radical (unpaired) electrons. The molecule has 1 aliphatic heterocycles. The molecule has 0 amide bonds. The smallest absolute Gasteiger partial charge is 0.295 e. The molecule has 178 valence electrons. The molecule has 0 spiro atoms. The summed E-state index contributed by atoms with van der Waals surface area (Å²) in [6, 6.07) is 7.88. The average Bonchev–Trinajstić information content (AvgIpc) is 3.35. The van der Waals surface area contributed by atoms with Crippen LogP contribution >= 0.6 is 0 Å². The molecule has 4 heterocycles. The highest BCUT2D eigenvalue weighted by Gasteiger charge is 2.31. The van der Waals surface area contributed by atoms with E-state index in [0.29, 0.717) is 28.8 Å². The predicted octanol–water partition coefficient (Wildman–Crippen LogP) is 3.71. The van der Waals surface area contributed by atoms with Crippen molar-refractivity contribution in [3.8, 4) is 0 Å². The first kappa shape index (κ1) is 22.5. The van der Waals surface area contributed by atoms with Crippen LogP contribution in [-0.4, -0.2) is 49.4 Å². The summed E-state index contributed by atoms with van der Waals surface area (Å²) < 4.78 is 30.0. The third-order valence-electron chi connectivity index (χ3n) is 6.51. The van der Waals surface area contributed by atoms with E-state index in [1.807, 2.05) is 18.2 Å². The lowest BCUT2D eigenvalue weighted by Crippen LogP contribution is -2.27. The minimum absolute atomic E-state index is 0.218. The Bertz CT molecular complexity index is 1330. The fourth-order valence-corrected chi connectivity index (χ4v) is 4.65. The van der Waals surface area contributed by atoms with Gasteiger partial charge in [0.15, 0.2) is 11.3 Å². The standard InChI is InChI=1S/C24H27F2N7O/c1-14(17-4-3-5-18(10-17)24(25,26)12-34)29-21-20-11-19(16-6-8-27-9-7-16)23-32-28-13-33(23)22(20)31-15(2)30-21/h3-5,10-11,13-14,16,27,34H,6-9,12H2,1-2H3,(H,29,30,31)/t14-/m1/s1. The van der Waals surface area contributed by atoms with Crippen molar-refractivity contribution in [2.75, 3.05) is 25.0 Å². The molecular weight excluding hydrogens is 440 g/mol. The van der Waals surface area contributed by atoms with Gasteiger partial charge >= 0.3 is 0 Å². The number of nitrogens with one attached hydrogen (secondary N) is 2. The monoisotopic (exact) mass is 467 g/mol. The van der Waals surface area contributed by atoms with E-state index in [-0.39, 0.29) is 11.6 Å². The van der Waals surface area contributed by atoms with E-state index in [9.17, 15) is 8.78 Å². The molecule has 3 aromatic heterocycles. The van der Waals surface area contributed by atoms with Gasteiger partial charge in [0.25, 0.3) is 5.92 Å². The maximum Gasteiger partial charge on any atom is 0.295 e. The Morgan fingerprint density at radius 1 is 1.21 bits per heavy atom. The van der Waals surface area contributed by atoms with Crippen LogP contribution in [0, 0.1) is 6.92 Å². The summed E-state index contributed by atoms with van der Waals surface area (Å²) in [6.07, 6.45) is 3.68. The van der Waals surface area contributed by atoms with Crippen molar-refractivity contribution in [1.29, 1.82) is 0 Å². The van der Waals surface area contributed by atoms with Gasteiger partial charge in [0.1, 0.15) is 24.6 Å². The van der Waals surface area contributed by atoms with Crippen molar-refractivity contribution in [1.82, 2.24) is 29.9 Å². The van der Waals surface area contributed by atoms with Crippen LogP contribution in [0.4, 0.5) is 14.6 Å². The quantitative estimate of drug-likeness (QED) is 0.398. The zero-order valence-corrected chi connectivity index (χ0v) is 19.1. The van der Waals surface area contributed by atoms with E-state index in [2.05, 4.69) is 36.9 Å². The Balaban J connectivity index is 1.58. The molecular formula is C24H27F2N7O. The van der Waals surface area contributed by atoms with Crippen molar-refractivity contribution in [3.05, 3.63) is 59.2 Å². The first-order valence-corrected chi connectivity index (χ1v) is 11.4. The van der Waals surface area contributed by atoms with E-state index >= 15 is 0 Å². The van der Waals surface area contributed by atoms with Crippen LogP contribution in [0.3, 0.4) is 0 Å². The van der Waals surface area contributed by atoms with Crippen molar-refractivity contribution >= 4 is 22.5 Å². The van der Waals surface area contributed by atoms with Crippen molar-refractivity contribution in [2.45, 2.75) is 44.6 Å². The normalized spacial score (nSPS) is 16.3. The second-order valence-electron chi connectivity index (χ2n) is 8.86. The highest BCUT2D eigenvalue weighted by Crippen LogP contribution is 2.34. The van der Waals surface area contributed by atoms with Gasteiger partial charge in [-0.15, -0.1) is 10.2 Å². The molecule has 3 N–H and O–H groups in total. The summed E-state index contributed by atoms with van der Waals surface area (Å²) in [5.41, 5.74) is 3.05. The molecule has 0 unspecified atom stereocenters. The molecule has 1 atom stereocenters. The van der Waals surface area contributed by atoms with Crippen LogP contribution in [0.25, 0.3) is 16.7 Å². The number of fused-ring (bicyclic) bond motifs is 3. The molecule has 5 rings (SSSR count). The van der Waals surface area contributed by atoms with Gasteiger partial charge in [-0.05, 0) is 63.4 Å². The number of alkyl halides is 2. The number of hydrogen-bond donors (Lipinski definition) is 3. The van der Waals surface area contributed by atoms with Gasteiger partial charge in [0, 0.05) is 17.2 Å². The van der Waals surface area contributed by atoms with Gasteiger partial charge in [0.2, 0.25) is 0 Å². The highest BCUT2D eigenvalue weighted by atomic mass is 19.3. The molecule has 0 bridgehead atoms. The van der Waals surface area contributed by atoms with E-state index < -0.39 is 12.5 Å². The van der Waals surface area contributed by atoms with E-state index in [0.717, 1.165) is 42.5 Å². The van der Waals surface area contributed by atoms with Crippen LogP contribution in [0.2, 0.25) is 0 Å². The largest absolute Gasteiger partial charge is 0.390 e. The molecule has 8 nitrogen and oxygen atoms in total. The van der Waals surface area contributed by atoms with E-state index in [1.54, 1.807) is 18.5 Å². The second kappa shape index (κ2) is 8.84. The number of piperidine rings is 1. The molecule has 4 aromatic rings. The third kappa shape index (κ3) is 4.07. The van der Waals surface area contributed by atoms with Crippen LogP contribution in [0.1, 0.15) is 54.2 Å². The third-order valence-corrected chi connectivity index (χ3v) is 6.51. The average molecular weight is 468 g/mol. The second-order valence-corrected chi connectivity index (χ2v) is 8.86. The molecule has 1 saturated heterocycles. The van der Waals surface area contributed by atoms with Crippen molar-refractivity contribution in [2.24, 2.45) is 0 Å². The molecule has 1 aromatic carbocycles. The number of aryl methyl sites for hydroxylation is 1. The first-order valence-electron chi connectivity index (χ1n) is 11.4. The summed E-state index contributed by atoms with van der Waals surface area (Å²) in [6.45, 7) is 4.37. The highest BCUT2D eigenvalue weighted by molar-refractivity contribution is 5.90. The minimum atomic E-state index is -3.29. The van der Waals surface area contributed by atoms with Gasteiger partial charge in [-0.3, -0.25) is 4.40 Å². The number of aliphatic hydroxyl groups excluding tert-OH is 1. The molecule has 34 heavy (non-hydrogen) atoms. The molecule has 0 aliphatic carbocycles. The lowest BCUT2D eigenvalue weighted by atomic mass is 9.90. The fourth-order valence-electron chi connectivity index (χ4n) is 4.65. The lowest BCUT2D eigenvalue weighted by molar-refractivity contribution is -0.0556. The fraction of sp³-hybridized carbons (Fsp3) is 0.417. The zero-order chi connectivity index (χ0) is 23.9. The maximum absolute atomic E-state index is 14.0. The number of nitrogens with zero attached hydrogens (tertiary/aromatic N) is 5. The summed E-state index contributed by atoms with van der Waals surface area (Å²) in [5, 5.41) is 25.2. The lowest BCUT2D eigenvalue weighted by Gasteiger charge is -2.24. The van der Waals surface area contributed by atoms with E-state index in [1.165, 1.54) is 12.1 Å². The topological polar surface area (TPSA) is 100 Å². The number of halogens is 2. The summed E-state index contributed by atoms with van der Waals surface area (Å²) >= 11 is 0. The van der Waals surface area contributed by atoms with Gasteiger partial charge in [-0.1, -0.05) is 18.2 Å². The number of hydrogen-bond acceptors (Lipinski definition) is 7. The summed E-state index contributed by atoms with van der Waals surface area (Å²) in [7, 11) is 0. The summed E-state index contributed by atoms with van der Waals surface area (Å²) in [5.74, 6) is -1.74. The number of aromatic nitrogens is 5. The number of rotatable bonds is 6. The Labute approximate surface area is 195 Å². The van der Waals surface area contributed by atoms with Gasteiger partial charge in [0.05, 0.1) is 5.39 Å². The maximum atomic E-state index is 14.0. The van der Waals surface area contributed by atoms with E-state index in [4.69, 9.17) is 5.11 Å². The zero-order valence-electron chi connectivity index (χ0n) is 19.1. The molecule has 0 saturated carbocycles. The molecule has 10 heteroatoms. The minimum Gasteiger partial charge on any atom is -0.390 e.